The average Bonchev–Trinajstić information content (AvgIpc) is 3.39. The van der Waals surface area contributed by atoms with Gasteiger partial charge in [0.1, 0.15) is 5.76 Å². The van der Waals surface area contributed by atoms with Crippen LogP contribution in [-0.4, -0.2) is 25.5 Å². The first-order valence-corrected chi connectivity index (χ1v) is 11.3. The van der Waals surface area contributed by atoms with Crippen LogP contribution in [0, 0.1) is 27.7 Å². The third kappa shape index (κ3) is 4.52. The van der Waals surface area contributed by atoms with Crippen molar-refractivity contribution < 1.29 is 9.21 Å². The van der Waals surface area contributed by atoms with Crippen LogP contribution in [0.1, 0.15) is 44.7 Å². The van der Waals surface area contributed by atoms with Crippen LogP contribution in [0.2, 0.25) is 5.02 Å². The highest BCUT2D eigenvalue weighted by Crippen LogP contribution is 2.22. The molecule has 0 spiro atoms. The summed E-state index contributed by atoms with van der Waals surface area (Å²) >= 11 is 9.76. The fraction of sp³-hybridized carbons (Fsp3) is 0.261. The molecule has 0 aliphatic heterocycles. The lowest BCUT2D eigenvalue weighted by atomic mass is 10.2. The van der Waals surface area contributed by atoms with E-state index in [2.05, 4.69) is 31.4 Å². The highest BCUT2D eigenvalue weighted by molar-refractivity contribution is 9.10. The molecule has 0 aliphatic rings. The van der Waals surface area contributed by atoms with Gasteiger partial charge in [0.05, 0.1) is 45.4 Å². The summed E-state index contributed by atoms with van der Waals surface area (Å²) in [5, 5.41) is 12.5. The zero-order chi connectivity index (χ0) is 23.0. The summed E-state index contributed by atoms with van der Waals surface area (Å²) < 4.78 is 10.5. The van der Waals surface area contributed by atoms with E-state index in [0.717, 1.165) is 32.8 Å². The minimum absolute atomic E-state index is 0.237. The van der Waals surface area contributed by atoms with Gasteiger partial charge in [0.2, 0.25) is 0 Å². The Kier molecular flexibility index (Phi) is 6.26. The SMILES string of the molecule is Cc1nn(Cc2ccc(C(=O)Nc3cccc(Cn4nc(C)c(Br)c4C)c3)o2)c(C)c1Cl. The number of halogens is 2. The van der Waals surface area contributed by atoms with Gasteiger partial charge >= 0.3 is 0 Å². The van der Waals surface area contributed by atoms with Crippen LogP contribution in [0.3, 0.4) is 0 Å². The molecule has 0 atom stereocenters. The zero-order valence-electron chi connectivity index (χ0n) is 18.2. The van der Waals surface area contributed by atoms with Gasteiger partial charge in [-0.3, -0.25) is 14.2 Å². The molecule has 4 aromatic rings. The van der Waals surface area contributed by atoms with Crippen molar-refractivity contribution >= 4 is 39.1 Å². The molecule has 0 radical (unpaired) electrons. The van der Waals surface area contributed by atoms with Gasteiger partial charge in [0.25, 0.3) is 5.91 Å². The third-order valence-electron chi connectivity index (χ3n) is 5.29. The van der Waals surface area contributed by atoms with Crippen molar-refractivity contribution in [2.24, 2.45) is 0 Å². The second kappa shape index (κ2) is 8.96. The molecule has 0 fully saturated rings. The second-order valence-corrected chi connectivity index (χ2v) is 8.88. The predicted molar refractivity (Wildman–Crippen MR) is 127 cm³/mol. The van der Waals surface area contributed by atoms with E-state index in [9.17, 15) is 4.79 Å². The Morgan fingerprint density at radius 2 is 1.75 bits per heavy atom. The van der Waals surface area contributed by atoms with E-state index in [-0.39, 0.29) is 11.7 Å². The lowest BCUT2D eigenvalue weighted by molar-refractivity contribution is 0.0994. The summed E-state index contributed by atoms with van der Waals surface area (Å²) in [5.41, 5.74) is 5.35. The number of carbonyl (C=O) groups is 1. The molecular formula is C23H23BrClN5O2. The molecule has 1 aromatic carbocycles. The fourth-order valence-corrected chi connectivity index (χ4v) is 3.92. The van der Waals surface area contributed by atoms with Gasteiger partial charge < -0.3 is 9.73 Å². The lowest BCUT2D eigenvalue weighted by Crippen LogP contribution is -2.11. The Hall–Kier alpha value is -2.84. The summed E-state index contributed by atoms with van der Waals surface area (Å²) in [6.45, 7) is 8.75. The number of aryl methyl sites for hydroxylation is 2. The van der Waals surface area contributed by atoms with Gasteiger partial charge in [-0.05, 0) is 73.5 Å². The molecular weight excluding hydrogens is 494 g/mol. The third-order valence-corrected chi connectivity index (χ3v) is 6.99. The largest absolute Gasteiger partial charge is 0.454 e. The highest BCUT2D eigenvalue weighted by atomic mass is 79.9. The van der Waals surface area contributed by atoms with E-state index >= 15 is 0 Å². The predicted octanol–water partition coefficient (Wildman–Crippen LogP) is 5.67. The number of rotatable bonds is 6. The van der Waals surface area contributed by atoms with Gasteiger partial charge in [-0.2, -0.15) is 10.2 Å². The summed E-state index contributed by atoms with van der Waals surface area (Å²) in [6, 6.07) is 11.1. The van der Waals surface area contributed by atoms with Crippen LogP contribution in [0.25, 0.3) is 0 Å². The minimum atomic E-state index is -0.311. The smallest absolute Gasteiger partial charge is 0.291 e. The zero-order valence-corrected chi connectivity index (χ0v) is 20.6. The Labute approximate surface area is 199 Å². The van der Waals surface area contributed by atoms with Crippen LogP contribution >= 0.6 is 27.5 Å². The van der Waals surface area contributed by atoms with Gasteiger partial charge in [-0.25, -0.2) is 0 Å². The van der Waals surface area contributed by atoms with E-state index in [1.807, 2.05) is 56.6 Å². The number of carbonyl (C=O) groups excluding carboxylic acids is 1. The monoisotopic (exact) mass is 515 g/mol. The molecule has 1 N–H and O–H groups in total. The van der Waals surface area contributed by atoms with Crippen molar-refractivity contribution in [1.29, 1.82) is 0 Å². The first kappa shape index (κ1) is 22.4. The van der Waals surface area contributed by atoms with Crippen LogP contribution in [0.5, 0.6) is 0 Å². The summed E-state index contributed by atoms with van der Waals surface area (Å²) in [7, 11) is 0. The molecule has 3 heterocycles. The quantitative estimate of drug-likeness (QED) is 0.358. The van der Waals surface area contributed by atoms with Crippen molar-refractivity contribution in [2.75, 3.05) is 5.32 Å². The van der Waals surface area contributed by atoms with Crippen LogP contribution in [0.4, 0.5) is 5.69 Å². The van der Waals surface area contributed by atoms with Crippen molar-refractivity contribution in [1.82, 2.24) is 19.6 Å². The van der Waals surface area contributed by atoms with Crippen molar-refractivity contribution in [3.8, 4) is 0 Å². The van der Waals surface area contributed by atoms with Crippen LogP contribution < -0.4 is 5.32 Å². The number of hydrogen-bond acceptors (Lipinski definition) is 4. The van der Waals surface area contributed by atoms with Crippen LogP contribution in [0.15, 0.2) is 45.3 Å². The number of anilines is 1. The number of nitrogens with one attached hydrogen (secondary N) is 1. The molecule has 0 saturated heterocycles. The molecule has 3 aromatic heterocycles. The first-order valence-electron chi connectivity index (χ1n) is 10.1. The van der Waals surface area contributed by atoms with Gasteiger partial charge in [0.15, 0.2) is 5.76 Å². The Balaban J connectivity index is 1.44. The first-order chi connectivity index (χ1) is 15.2. The summed E-state index contributed by atoms with van der Waals surface area (Å²) in [5.74, 6) is 0.551. The maximum absolute atomic E-state index is 12.7. The lowest BCUT2D eigenvalue weighted by Gasteiger charge is -2.08. The standard InChI is InChI=1S/C23H23BrClN5O2/c1-13-21(24)15(3)29(27-13)11-17-6-5-7-18(10-17)26-23(31)20-9-8-19(32-20)12-30-16(4)22(25)14(2)28-30/h5-10H,11-12H2,1-4H3,(H,26,31). The van der Waals surface area contributed by atoms with E-state index in [4.69, 9.17) is 16.0 Å². The van der Waals surface area contributed by atoms with Crippen LogP contribution in [-0.2, 0) is 13.1 Å². The number of benzene rings is 1. The summed E-state index contributed by atoms with van der Waals surface area (Å²) in [4.78, 5) is 12.7. The van der Waals surface area contributed by atoms with Crippen molar-refractivity contribution in [3.05, 3.63) is 85.8 Å². The molecule has 4 rings (SSSR count). The fourth-order valence-electron chi connectivity index (χ4n) is 3.50. The van der Waals surface area contributed by atoms with E-state index in [1.54, 1.807) is 16.8 Å². The number of hydrogen-bond donors (Lipinski definition) is 1. The number of amides is 1. The Morgan fingerprint density at radius 1 is 1.03 bits per heavy atom. The maximum atomic E-state index is 12.7. The molecule has 0 saturated carbocycles. The van der Waals surface area contributed by atoms with E-state index in [1.165, 1.54) is 0 Å². The molecule has 9 heteroatoms. The molecule has 166 valence electrons. The topological polar surface area (TPSA) is 77.9 Å². The minimum Gasteiger partial charge on any atom is -0.454 e. The van der Waals surface area contributed by atoms with E-state index in [0.29, 0.717) is 29.6 Å². The number of nitrogens with zero attached hydrogens (tertiary/aromatic N) is 4. The molecule has 32 heavy (non-hydrogen) atoms. The number of aromatic nitrogens is 4. The van der Waals surface area contributed by atoms with Crippen molar-refractivity contribution in [2.45, 2.75) is 40.8 Å². The molecule has 7 nitrogen and oxygen atoms in total. The summed E-state index contributed by atoms with van der Waals surface area (Å²) in [6.07, 6.45) is 0. The Morgan fingerprint density at radius 3 is 2.41 bits per heavy atom. The average molecular weight is 517 g/mol. The van der Waals surface area contributed by atoms with E-state index < -0.39 is 0 Å². The van der Waals surface area contributed by atoms with Gasteiger partial charge in [0, 0.05) is 5.69 Å². The molecule has 0 unspecified atom stereocenters. The molecule has 1 amide bonds. The number of furan rings is 1. The second-order valence-electron chi connectivity index (χ2n) is 7.71. The normalized spacial score (nSPS) is 11.2. The van der Waals surface area contributed by atoms with Gasteiger partial charge in [-0.15, -0.1) is 0 Å². The maximum Gasteiger partial charge on any atom is 0.291 e. The Bertz CT molecular complexity index is 1300. The highest BCUT2D eigenvalue weighted by Gasteiger charge is 2.15. The molecule has 0 aliphatic carbocycles. The van der Waals surface area contributed by atoms with Gasteiger partial charge in [-0.1, -0.05) is 23.7 Å². The van der Waals surface area contributed by atoms with Crippen molar-refractivity contribution in [3.63, 3.8) is 0 Å². The molecule has 0 bridgehead atoms.